The lowest BCUT2D eigenvalue weighted by Gasteiger charge is -2.26. The Hall–Kier alpha value is -5.77. The molecule has 0 aromatic heterocycles. The predicted molar refractivity (Wildman–Crippen MR) is 172 cm³/mol. The number of anilines is 2. The molecule has 10 heteroatoms. The van der Waals surface area contributed by atoms with E-state index in [1.54, 1.807) is 48.5 Å². The van der Waals surface area contributed by atoms with Crippen LogP contribution in [-0.2, 0) is 34.1 Å². The van der Waals surface area contributed by atoms with Gasteiger partial charge >= 0.3 is 5.97 Å². The van der Waals surface area contributed by atoms with Gasteiger partial charge in [0.1, 0.15) is 23.0 Å². The van der Waals surface area contributed by atoms with Crippen LogP contribution in [0.1, 0.15) is 51.2 Å². The van der Waals surface area contributed by atoms with Crippen molar-refractivity contribution >= 4 is 41.0 Å². The van der Waals surface area contributed by atoms with Gasteiger partial charge in [0.25, 0.3) is 5.91 Å². The SMILES string of the molecule is CC(=O)OC1CC(=O)N(c2ccc(Oc3ccc(C(C)(C)c4ccc(Oc5ccc(N6C(=O)CCC6=O)cc5)cc4)cc3)cc2)C1=O. The van der Waals surface area contributed by atoms with E-state index in [-0.39, 0.29) is 36.5 Å². The van der Waals surface area contributed by atoms with E-state index in [0.717, 1.165) is 16.0 Å². The summed E-state index contributed by atoms with van der Waals surface area (Å²) in [6.45, 7) is 5.46. The second-order valence-electron chi connectivity index (χ2n) is 11.9. The molecule has 0 N–H and O–H groups in total. The molecule has 0 saturated carbocycles. The zero-order chi connectivity index (χ0) is 33.3. The van der Waals surface area contributed by atoms with E-state index in [1.807, 2.05) is 48.5 Å². The fourth-order valence-electron chi connectivity index (χ4n) is 5.68. The van der Waals surface area contributed by atoms with Gasteiger partial charge in [-0.3, -0.25) is 28.9 Å². The summed E-state index contributed by atoms with van der Waals surface area (Å²) in [4.78, 5) is 62.4. The molecule has 0 spiro atoms. The quantitative estimate of drug-likeness (QED) is 0.153. The molecule has 2 aliphatic heterocycles. The van der Waals surface area contributed by atoms with E-state index in [0.29, 0.717) is 34.4 Å². The van der Waals surface area contributed by atoms with Crippen LogP contribution in [0.3, 0.4) is 0 Å². The molecular formula is C37H32N2O8. The highest BCUT2D eigenvalue weighted by Gasteiger charge is 2.41. The zero-order valence-electron chi connectivity index (χ0n) is 26.1. The Balaban J connectivity index is 1.07. The summed E-state index contributed by atoms with van der Waals surface area (Å²) >= 11 is 0. The van der Waals surface area contributed by atoms with Gasteiger partial charge in [0.05, 0.1) is 17.8 Å². The molecule has 10 nitrogen and oxygen atoms in total. The zero-order valence-corrected chi connectivity index (χ0v) is 26.1. The summed E-state index contributed by atoms with van der Waals surface area (Å²) in [5.74, 6) is 0.400. The molecule has 4 amide bonds. The molecule has 2 heterocycles. The third-order valence-corrected chi connectivity index (χ3v) is 8.28. The van der Waals surface area contributed by atoms with Crippen LogP contribution in [-0.4, -0.2) is 35.7 Å². The Morgan fingerprint density at radius 2 is 0.979 bits per heavy atom. The number of ether oxygens (including phenoxy) is 3. The number of benzene rings is 4. The molecule has 1 atom stereocenters. The number of imide groups is 2. The van der Waals surface area contributed by atoms with Gasteiger partial charge in [-0.1, -0.05) is 38.1 Å². The molecule has 2 saturated heterocycles. The molecular weight excluding hydrogens is 600 g/mol. The molecule has 6 rings (SSSR count). The van der Waals surface area contributed by atoms with Crippen molar-refractivity contribution in [2.75, 3.05) is 9.80 Å². The van der Waals surface area contributed by atoms with Crippen LogP contribution < -0.4 is 19.3 Å². The van der Waals surface area contributed by atoms with Gasteiger partial charge in [-0.2, -0.15) is 0 Å². The minimum Gasteiger partial charge on any atom is -0.457 e. The molecule has 0 radical (unpaired) electrons. The highest BCUT2D eigenvalue weighted by atomic mass is 16.5. The number of carbonyl (C=O) groups is 5. The van der Waals surface area contributed by atoms with Gasteiger partial charge in [-0.25, -0.2) is 4.90 Å². The number of nitrogens with zero attached hydrogens (tertiary/aromatic N) is 2. The van der Waals surface area contributed by atoms with Crippen LogP contribution in [0.15, 0.2) is 97.1 Å². The molecule has 238 valence electrons. The van der Waals surface area contributed by atoms with Crippen molar-refractivity contribution < 1.29 is 38.2 Å². The molecule has 1 unspecified atom stereocenters. The first-order valence-corrected chi connectivity index (χ1v) is 15.2. The maximum atomic E-state index is 12.6. The van der Waals surface area contributed by atoms with Crippen LogP contribution >= 0.6 is 0 Å². The fourth-order valence-corrected chi connectivity index (χ4v) is 5.68. The fraction of sp³-hybridized carbons (Fsp3) is 0.216. The van der Waals surface area contributed by atoms with Gasteiger partial charge in [0.2, 0.25) is 17.7 Å². The summed E-state index contributed by atoms with van der Waals surface area (Å²) in [5.41, 5.74) is 2.75. The standard InChI is InChI=1S/C37H32N2O8/c1-23(40)45-32-22-35(43)39(36(32)44)27-10-18-31(19-11-27)47-29-14-6-25(7-15-29)37(2,3)24-4-12-28(13-5-24)46-30-16-8-26(9-17-30)38-33(41)20-21-34(38)42/h4-19,32H,20-22H2,1-3H3. The largest absolute Gasteiger partial charge is 0.457 e. The van der Waals surface area contributed by atoms with Crippen LogP contribution in [0.2, 0.25) is 0 Å². The average Bonchev–Trinajstić information content (AvgIpc) is 3.53. The second-order valence-corrected chi connectivity index (χ2v) is 11.9. The molecule has 47 heavy (non-hydrogen) atoms. The van der Waals surface area contributed by atoms with Gasteiger partial charge in [-0.05, 0) is 83.9 Å². The Labute approximate surface area is 271 Å². The third kappa shape index (κ3) is 6.48. The first-order chi connectivity index (χ1) is 22.5. The van der Waals surface area contributed by atoms with Crippen LogP contribution in [0, 0.1) is 0 Å². The smallest absolute Gasteiger partial charge is 0.303 e. The molecule has 4 aromatic carbocycles. The number of hydrogen-bond acceptors (Lipinski definition) is 8. The van der Waals surface area contributed by atoms with Crippen molar-refractivity contribution in [3.05, 3.63) is 108 Å². The summed E-state index contributed by atoms with van der Waals surface area (Å²) < 4.78 is 17.0. The van der Waals surface area contributed by atoms with E-state index in [1.165, 1.54) is 11.8 Å². The molecule has 0 bridgehead atoms. The Morgan fingerprint density at radius 3 is 1.38 bits per heavy atom. The third-order valence-electron chi connectivity index (χ3n) is 8.28. The Morgan fingerprint density at radius 1 is 0.596 bits per heavy atom. The Bertz CT molecular complexity index is 1830. The van der Waals surface area contributed by atoms with E-state index in [9.17, 15) is 24.0 Å². The maximum absolute atomic E-state index is 12.6. The van der Waals surface area contributed by atoms with Crippen molar-refractivity contribution in [3.8, 4) is 23.0 Å². The highest BCUT2D eigenvalue weighted by molar-refractivity contribution is 6.22. The number of hydrogen-bond donors (Lipinski definition) is 0. The first kappa shape index (κ1) is 31.2. The highest BCUT2D eigenvalue weighted by Crippen LogP contribution is 2.35. The van der Waals surface area contributed by atoms with Gasteiger partial charge in [-0.15, -0.1) is 0 Å². The van der Waals surface area contributed by atoms with Crippen molar-refractivity contribution in [2.24, 2.45) is 0 Å². The van der Waals surface area contributed by atoms with Gasteiger partial charge < -0.3 is 14.2 Å². The topological polar surface area (TPSA) is 120 Å². The van der Waals surface area contributed by atoms with Crippen LogP contribution in [0.5, 0.6) is 23.0 Å². The first-order valence-electron chi connectivity index (χ1n) is 15.2. The summed E-state index contributed by atoms with van der Waals surface area (Å²) in [6, 6.07) is 29.0. The van der Waals surface area contributed by atoms with Crippen LogP contribution in [0.4, 0.5) is 11.4 Å². The maximum Gasteiger partial charge on any atom is 0.303 e. The molecule has 2 fully saturated rings. The van der Waals surface area contributed by atoms with E-state index >= 15 is 0 Å². The lowest BCUT2D eigenvalue weighted by atomic mass is 9.78. The minimum atomic E-state index is -1.10. The predicted octanol–water partition coefficient (Wildman–Crippen LogP) is 6.45. The van der Waals surface area contributed by atoms with E-state index in [4.69, 9.17) is 14.2 Å². The van der Waals surface area contributed by atoms with Crippen LogP contribution in [0.25, 0.3) is 0 Å². The van der Waals surface area contributed by atoms with E-state index < -0.39 is 23.9 Å². The minimum absolute atomic E-state index is 0.180. The van der Waals surface area contributed by atoms with Gasteiger partial charge in [0, 0.05) is 25.2 Å². The van der Waals surface area contributed by atoms with E-state index in [2.05, 4.69) is 13.8 Å². The van der Waals surface area contributed by atoms with Crippen molar-refractivity contribution in [1.29, 1.82) is 0 Å². The van der Waals surface area contributed by atoms with Gasteiger partial charge in [0.15, 0.2) is 6.10 Å². The average molecular weight is 633 g/mol. The molecule has 4 aromatic rings. The molecule has 0 aliphatic carbocycles. The lowest BCUT2D eigenvalue weighted by molar-refractivity contribution is -0.151. The summed E-state index contributed by atoms with van der Waals surface area (Å²) in [7, 11) is 0. The van der Waals surface area contributed by atoms with Crippen molar-refractivity contribution in [1.82, 2.24) is 0 Å². The molecule has 2 aliphatic rings. The van der Waals surface area contributed by atoms with Crippen molar-refractivity contribution in [2.45, 2.75) is 51.6 Å². The second kappa shape index (κ2) is 12.6. The Kier molecular flexibility index (Phi) is 8.34. The lowest BCUT2D eigenvalue weighted by Crippen LogP contribution is -2.33. The summed E-state index contributed by atoms with van der Waals surface area (Å²) in [5, 5.41) is 0. The number of carbonyl (C=O) groups excluding carboxylic acids is 5. The monoisotopic (exact) mass is 632 g/mol. The normalized spacial score (nSPS) is 16.5. The summed E-state index contributed by atoms with van der Waals surface area (Å²) in [6.07, 6.45) is -0.800. The number of rotatable bonds is 9. The number of esters is 1. The number of amides is 4. The van der Waals surface area contributed by atoms with Crippen molar-refractivity contribution in [3.63, 3.8) is 0 Å².